The van der Waals surface area contributed by atoms with E-state index in [1.807, 2.05) is 30.3 Å². The highest BCUT2D eigenvalue weighted by Gasteiger charge is 2.48. The number of carbonyl (C=O) groups is 3. The molecule has 38 heavy (non-hydrogen) atoms. The van der Waals surface area contributed by atoms with Gasteiger partial charge in [0.2, 0.25) is 11.8 Å². The van der Waals surface area contributed by atoms with Gasteiger partial charge in [-0.15, -0.1) is 0 Å². The van der Waals surface area contributed by atoms with Crippen molar-refractivity contribution >= 4 is 17.7 Å². The lowest BCUT2D eigenvalue weighted by Gasteiger charge is -2.47. The molecule has 3 aromatic carbocycles. The van der Waals surface area contributed by atoms with E-state index < -0.39 is 5.54 Å². The summed E-state index contributed by atoms with van der Waals surface area (Å²) < 4.78 is 18.9. The normalized spacial score (nSPS) is 14.4. The van der Waals surface area contributed by atoms with E-state index in [0.717, 1.165) is 5.56 Å². The van der Waals surface area contributed by atoms with Crippen molar-refractivity contribution < 1.29 is 23.5 Å². The molecule has 0 atom stereocenters. The quantitative estimate of drug-likeness (QED) is 0.487. The van der Waals surface area contributed by atoms with E-state index in [-0.39, 0.29) is 42.9 Å². The van der Waals surface area contributed by atoms with Crippen LogP contribution in [0.5, 0.6) is 5.75 Å². The molecule has 3 amide bonds. The molecule has 0 radical (unpaired) electrons. The molecular formula is C30H32FN3O4. The molecule has 1 fully saturated rings. The van der Waals surface area contributed by atoms with Crippen molar-refractivity contribution in [2.45, 2.75) is 38.4 Å². The van der Waals surface area contributed by atoms with E-state index in [0.29, 0.717) is 36.5 Å². The Balaban J connectivity index is 1.72. The van der Waals surface area contributed by atoms with Crippen molar-refractivity contribution in [3.05, 3.63) is 101 Å². The molecule has 0 unspecified atom stereocenters. The zero-order chi connectivity index (χ0) is 27.1. The van der Waals surface area contributed by atoms with Crippen LogP contribution in [-0.4, -0.2) is 53.3 Å². The summed E-state index contributed by atoms with van der Waals surface area (Å²) in [4.78, 5) is 43.4. The maximum atomic E-state index is 14.1. The van der Waals surface area contributed by atoms with E-state index in [1.54, 1.807) is 53.3 Å². The fourth-order valence-electron chi connectivity index (χ4n) is 4.83. The van der Waals surface area contributed by atoms with Gasteiger partial charge in [0.15, 0.2) is 0 Å². The number of piperidine rings is 1. The third-order valence-electron chi connectivity index (χ3n) is 7.11. The second-order valence-electron chi connectivity index (χ2n) is 9.45. The standard InChI is InChI=1S/C30H32FN3O4/c1-22(35)33-18-16-30(17-19-33,29(37)32-20-23-6-4-3-5-7-23)34(21-24-8-12-26(31)13-9-24)28(36)25-10-14-27(38-2)15-11-25/h3-15H,16-21H2,1-2H3,(H,32,37). The van der Waals surface area contributed by atoms with Crippen molar-refractivity contribution in [3.63, 3.8) is 0 Å². The number of rotatable bonds is 8. The van der Waals surface area contributed by atoms with Crippen molar-refractivity contribution in [1.82, 2.24) is 15.1 Å². The number of ether oxygens (including phenoxy) is 1. The monoisotopic (exact) mass is 517 g/mol. The van der Waals surface area contributed by atoms with E-state index >= 15 is 0 Å². The van der Waals surface area contributed by atoms with E-state index in [1.165, 1.54) is 19.1 Å². The average Bonchev–Trinajstić information content (AvgIpc) is 2.95. The van der Waals surface area contributed by atoms with E-state index in [2.05, 4.69) is 5.32 Å². The summed E-state index contributed by atoms with van der Waals surface area (Å²) in [5.74, 6) is -0.463. The van der Waals surface area contributed by atoms with Crippen LogP contribution < -0.4 is 10.1 Å². The minimum absolute atomic E-state index is 0.0742. The third-order valence-corrected chi connectivity index (χ3v) is 7.11. The summed E-state index contributed by atoms with van der Waals surface area (Å²) in [7, 11) is 1.55. The lowest BCUT2D eigenvalue weighted by Crippen LogP contribution is -2.64. The van der Waals surface area contributed by atoms with Crippen LogP contribution in [0.2, 0.25) is 0 Å². The van der Waals surface area contributed by atoms with Gasteiger partial charge in [-0.05, 0) is 60.4 Å². The molecule has 0 aromatic heterocycles. The molecule has 198 valence electrons. The predicted molar refractivity (Wildman–Crippen MR) is 142 cm³/mol. The van der Waals surface area contributed by atoms with Crippen LogP contribution in [0.3, 0.4) is 0 Å². The Morgan fingerprint density at radius 2 is 1.55 bits per heavy atom. The van der Waals surface area contributed by atoms with Gasteiger partial charge < -0.3 is 19.9 Å². The number of methoxy groups -OCH3 is 1. The number of hydrogen-bond donors (Lipinski definition) is 1. The SMILES string of the molecule is COc1ccc(C(=O)N(Cc2ccc(F)cc2)C2(C(=O)NCc3ccccc3)CCN(C(C)=O)CC2)cc1. The molecule has 1 N–H and O–H groups in total. The van der Waals surface area contributed by atoms with Gasteiger partial charge in [0, 0.05) is 38.7 Å². The Morgan fingerprint density at radius 1 is 0.921 bits per heavy atom. The van der Waals surface area contributed by atoms with Gasteiger partial charge in [-0.3, -0.25) is 14.4 Å². The zero-order valence-electron chi connectivity index (χ0n) is 21.7. The molecule has 3 aromatic rings. The van der Waals surface area contributed by atoms with Crippen LogP contribution in [0.15, 0.2) is 78.9 Å². The molecule has 1 heterocycles. The smallest absolute Gasteiger partial charge is 0.255 e. The van der Waals surface area contributed by atoms with Gasteiger partial charge in [0.1, 0.15) is 17.1 Å². The molecule has 7 nitrogen and oxygen atoms in total. The van der Waals surface area contributed by atoms with Gasteiger partial charge in [-0.2, -0.15) is 0 Å². The van der Waals surface area contributed by atoms with E-state index in [9.17, 15) is 18.8 Å². The Hall–Kier alpha value is -4.20. The molecule has 8 heteroatoms. The first kappa shape index (κ1) is 26.9. The number of nitrogens with zero attached hydrogens (tertiary/aromatic N) is 2. The lowest BCUT2D eigenvalue weighted by molar-refractivity contribution is -0.141. The number of nitrogens with one attached hydrogen (secondary N) is 1. The predicted octanol–water partition coefficient (Wildman–Crippen LogP) is 4.17. The summed E-state index contributed by atoms with van der Waals surface area (Å²) in [5, 5.41) is 3.04. The minimum atomic E-state index is -1.22. The third kappa shape index (κ3) is 6.02. The fraction of sp³-hybridized carbons (Fsp3) is 0.300. The summed E-state index contributed by atoms with van der Waals surface area (Å²) >= 11 is 0. The molecule has 1 saturated heterocycles. The number of carbonyl (C=O) groups excluding carboxylic acids is 3. The summed E-state index contributed by atoms with van der Waals surface area (Å²) in [6.45, 7) is 2.58. The average molecular weight is 518 g/mol. The van der Waals surface area contributed by atoms with Crippen LogP contribution in [0.25, 0.3) is 0 Å². The first-order chi connectivity index (χ1) is 18.3. The Morgan fingerprint density at radius 3 is 2.13 bits per heavy atom. The molecule has 0 spiro atoms. The molecule has 1 aliphatic heterocycles. The first-order valence-corrected chi connectivity index (χ1v) is 12.6. The van der Waals surface area contributed by atoms with E-state index in [4.69, 9.17) is 4.74 Å². The Bertz CT molecular complexity index is 1250. The van der Waals surface area contributed by atoms with Gasteiger partial charge >= 0.3 is 0 Å². The second kappa shape index (κ2) is 11.9. The highest BCUT2D eigenvalue weighted by molar-refractivity contribution is 5.99. The first-order valence-electron chi connectivity index (χ1n) is 12.6. The minimum Gasteiger partial charge on any atom is -0.497 e. The topological polar surface area (TPSA) is 79.0 Å². The number of hydrogen-bond acceptors (Lipinski definition) is 4. The number of benzene rings is 3. The summed E-state index contributed by atoms with van der Waals surface area (Å²) in [5.41, 5.74) is 0.810. The van der Waals surface area contributed by atoms with Crippen molar-refractivity contribution in [2.24, 2.45) is 0 Å². The van der Waals surface area contributed by atoms with Gasteiger partial charge in [0.25, 0.3) is 5.91 Å². The molecule has 1 aliphatic rings. The Labute approximate surface area is 222 Å². The maximum absolute atomic E-state index is 14.1. The second-order valence-corrected chi connectivity index (χ2v) is 9.45. The summed E-state index contributed by atoms with van der Waals surface area (Å²) in [6, 6.07) is 22.2. The molecule has 4 rings (SSSR count). The van der Waals surface area contributed by atoms with Crippen LogP contribution in [0.4, 0.5) is 4.39 Å². The Kier molecular flexibility index (Phi) is 8.41. The summed E-state index contributed by atoms with van der Waals surface area (Å²) in [6.07, 6.45) is 0.548. The molecule has 0 bridgehead atoms. The van der Waals surface area contributed by atoms with Gasteiger partial charge in [0.05, 0.1) is 7.11 Å². The van der Waals surface area contributed by atoms with Crippen molar-refractivity contribution in [3.8, 4) is 5.75 Å². The largest absolute Gasteiger partial charge is 0.497 e. The number of amides is 3. The number of likely N-dealkylation sites (tertiary alicyclic amines) is 1. The van der Waals surface area contributed by atoms with Crippen molar-refractivity contribution in [2.75, 3.05) is 20.2 Å². The number of halogens is 1. The van der Waals surface area contributed by atoms with Crippen LogP contribution >= 0.6 is 0 Å². The van der Waals surface area contributed by atoms with Gasteiger partial charge in [-0.1, -0.05) is 42.5 Å². The van der Waals surface area contributed by atoms with Crippen molar-refractivity contribution in [1.29, 1.82) is 0 Å². The maximum Gasteiger partial charge on any atom is 0.255 e. The fourth-order valence-corrected chi connectivity index (χ4v) is 4.83. The van der Waals surface area contributed by atoms with Gasteiger partial charge in [-0.25, -0.2) is 4.39 Å². The highest BCUT2D eigenvalue weighted by atomic mass is 19.1. The van der Waals surface area contributed by atoms with Crippen LogP contribution in [-0.2, 0) is 22.7 Å². The molecular weight excluding hydrogens is 485 g/mol. The molecule has 0 saturated carbocycles. The van der Waals surface area contributed by atoms with Crippen LogP contribution in [0.1, 0.15) is 41.3 Å². The zero-order valence-corrected chi connectivity index (χ0v) is 21.7. The molecule has 0 aliphatic carbocycles. The lowest BCUT2D eigenvalue weighted by atomic mass is 9.83. The highest BCUT2D eigenvalue weighted by Crippen LogP contribution is 2.33. The van der Waals surface area contributed by atoms with Crippen LogP contribution in [0, 0.1) is 5.82 Å².